The lowest BCUT2D eigenvalue weighted by Crippen LogP contribution is -2.41. The summed E-state index contributed by atoms with van der Waals surface area (Å²) in [5.41, 5.74) is -0.675. The van der Waals surface area contributed by atoms with E-state index in [1.165, 1.54) is 7.11 Å². The number of hydrogen-bond donors (Lipinski definition) is 0. The van der Waals surface area contributed by atoms with E-state index < -0.39 is 5.41 Å². The van der Waals surface area contributed by atoms with Gasteiger partial charge in [-0.1, -0.05) is 18.2 Å². The highest BCUT2D eigenvalue weighted by atomic mass is 16.5. The summed E-state index contributed by atoms with van der Waals surface area (Å²) in [6.07, 6.45) is 8.35. The largest absolute Gasteiger partial charge is 0.468 e. The van der Waals surface area contributed by atoms with E-state index in [4.69, 9.17) is 4.74 Å². The lowest BCUT2D eigenvalue weighted by molar-refractivity contribution is -0.154. The minimum atomic E-state index is -0.675. The Labute approximate surface area is 87.8 Å². The van der Waals surface area contributed by atoms with Gasteiger partial charge in [0.25, 0.3) is 0 Å². The van der Waals surface area contributed by atoms with Gasteiger partial charge in [0.1, 0.15) is 5.41 Å². The van der Waals surface area contributed by atoms with Gasteiger partial charge in [0.15, 0.2) is 5.78 Å². The molecule has 0 radical (unpaired) electrons. The molecular weight excluding hydrogens is 192 g/mol. The Bertz CT molecular complexity index is 407. The van der Waals surface area contributed by atoms with Crippen molar-refractivity contribution in [3.8, 4) is 0 Å². The predicted molar refractivity (Wildman–Crippen MR) is 52.8 cm³/mol. The average molecular weight is 204 g/mol. The first-order chi connectivity index (χ1) is 7.20. The van der Waals surface area contributed by atoms with Crippen molar-refractivity contribution in [2.75, 3.05) is 7.11 Å². The second-order valence-corrected chi connectivity index (χ2v) is 4.53. The predicted octanol–water partition coefficient (Wildman–Crippen LogP) is 1.11. The van der Waals surface area contributed by atoms with Gasteiger partial charge in [-0.15, -0.1) is 0 Å². The number of ketones is 1. The monoisotopic (exact) mass is 204 g/mol. The van der Waals surface area contributed by atoms with E-state index in [9.17, 15) is 9.59 Å². The van der Waals surface area contributed by atoms with Crippen molar-refractivity contribution in [2.45, 2.75) is 6.42 Å². The molecule has 78 valence electrons. The lowest BCUT2D eigenvalue weighted by atomic mass is 9.70. The first-order valence-electron chi connectivity index (χ1n) is 5.20. The number of allylic oxidation sites excluding steroid dienone is 3. The zero-order valence-electron chi connectivity index (χ0n) is 8.47. The Balaban J connectivity index is 2.13. The molecule has 2 bridgehead atoms. The van der Waals surface area contributed by atoms with Crippen LogP contribution in [0.25, 0.3) is 0 Å². The van der Waals surface area contributed by atoms with Gasteiger partial charge >= 0.3 is 5.97 Å². The number of rotatable bonds is 1. The van der Waals surface area contributed by atoms with E-state index in [1.807, 2.05) is 0 Å². The van der Waals surface area contributed by atoms with Crippen LogP contribution in [0.15, 0.2) is 24.3 Å². The van der Waals surface area contributed by atoms with Crippen molar-refractivity contribution in [2.24, 2.45) is 23.2 Å². The van der Waals surface area contributed by atoms with Crippen molar-refractivity contribution in [1.82, 2.24) is 0 Å². The van der Waals surface area contributed by atoms with Crippen LogP contribution in [0.3, 0.4) is 0 Å². The highest BCUT2D eigenvalue weighted by Crippen LogP contribution is 2.60. The average Bonchev–Trinajstić information content (AvgIpc) is 2.89. The fraction of sp³-hybridized carbons (Fsp3) is 0.500. The third-order valence-electron chi connectivity index (χ3n) is 4.04. The molecule has 3 rings (SSSR count). The Kier molecular flexibility index (Phi) is 1.54. The normalized spacial score (nSPS) is 44.9. The maximum atomic E-state index is 11.9. The van der Waals surface area contributed by atoms with Crippen LogP contribution >= 0.6 is 0 Å². The number of esters is 1. The summed E-state index contributed by atoms with van der Waals surface area (Å²) in [6, 6.07) is 0. The maximum Gasteiger partial charge on any atom is 0.317 e. The molecule has 0 aromatic rings. The fourth-order valence-corrected chi connectivity index (χ4v) is 3.43. The highest BCUT2D eigenvalue weighted by molar-refractivity contribution is 6.03. The molecule has 3 nitrogen and oxygen atoms in total. The highest BCUT2D eigenvalue weighted by Gasteiger charge is 2.64. The van der Waals surface area contributed by atoms with E-state index >= 15 is 0 Å². The molecule has 0 aromatic carbocycles. The minimum absolute atomic E-state index is 0.0808. The van der Waals surface area contributed by atoms with Gasteiger partial charge < -0.3 is 4.74 Å². The molecular formula is C12H12O3. The Hall–Kier alpha value is -1.38. The molecule has 4 atom stereocenters. The van der Waals surface area contributed by atoms with E-state index in [-0.39, 0.29) is 29.5 Å². The SMILES string of the molecule is COC(=O)[C@]12C=CC(=O)[C@H]1[C@H]1C=C[C@H]2C1. The Morgan fingerprint density at radius 3 is 3.07 bits per heavy atom. The lowest BCUT2D eigenvalue weighted by Gasteiger charge is -2.31. The summed E-state index contributed by atoms with van der Waals surface area (Å²) in [6.45, 7) is 0. The molecule has 0 heterocycles. The molecule has 3 aliphatic rings. The molecule has 15 heavy (non-hydrogen) atoms. The summed E-state index contributed by atoms with van der Waals surface area (Å²) in [7, 11) is 1.39. The van der Waals surface area contributed by atoms with Gasteiger partial charge in [-0.05, 0) is 24.3 Å². The molecule has 0 saturated heterocycles. The van der Waals surface area contributed by atoms with Crippen molar-refractivity contribution in [3.05, 3.63) is 24.3 Å². The molecule has 0 aliphatic heterocycles. The summed E-state index contributed by atoms with van der Waals surface area (Å²) in [4.78, 5) is 23.6. The molecule has 0 amide bonds. The van der Waals surface area contributed by atoms with E-state index in [2.05, 4.69) is 12.2 Å². The van der Waals surface area contributed by atoms with E-state index in [0.717, 1.165) is 6.42 Å². The Morgan fingerprint density at radius 1 is 1.53 bits per heavy atom. The van der Waals surface area contributed by atoms with Gasteiger partial charge in [-0.2, -0.15) is 0 Å². The molecule has 0 unspecified atom stereocenters. The third kappa shape index (κ3) is 0.822. The second kappa shape index (κ2) is 2.60. The topological polar surface area (TPSA) is 43.4 Å². The van der Waals surface area contributed by atoms with Gasteiger partial charge in [-0.3, -0.25) is 9.59 Å². The second-order valence-electron chi connectivity index (χ2n) is 4.53. The van der Waals surface area contributed by atoms with Crippen LogP contribution in [0.4, 0.5) is 0 Å². The van der Waals surface area contributed by atoms with Crippen LogP contribution in [-0.4, -0.2) is 18.9 Å². The van der Waals surface area contributed by atoms with Crippen molar-refractivity contribution in [3.63, 3.8) is 0 Å². The van der Waals surface area contributed by atoms with Crippen LogP contribution < -0.4 is 0 Å². The summed E-state index contributed by atoms with van der Waals surface area (Å²) >= 11 is 0. The van der Waals surface area contributed by atoms with Crippen molar-refractivity contribution >= 4 is 11.8 Å². The van der Waals surface area contributed by atoms with Crippen molar-refractivity contribution < 1.29 is 14.3 Å². The molecule has 3 aliphatic carbocycles. The van der Waals surface area contributed by atoms with Crippen molar-refractivity contribution in [1.29, 1.82) is 0 Å². The van der Waals surface area contributed by atoms with Gasteiger partial charge in [-0.25, -0.2) is 0 Å². The number of fused-ring (bicyclic) bond motifs is 5. The zero-order valence-corrected chi connectivity index (χ0v) is 8.47. The quantitative estimate of drug-likeness (QED) is 0.474. The molecule has 0 aromatic heterocycles. The number of carbonyl (C=O) groups is 2. The third-order valence-corrected chi connectivity index (χ3v) is 4.04. The van der Waals surface area contributed by atoms with Crippen LogP contribution in [-0.2, 0) is 14.3 Å². The van der Waals surface area contributed by atoms with Gasteiger partial charge in [0.2, 0.25) is 0 Å². The summed E-state index contributed by atoms with van der Waals surface area (Å²) in [5, 5.41) is 0. The van der Waals surface area contributed by atoms with Gasteiger partial charge in [0, 0.05) is 5.92 Å². The maximum absolute atomic E-state index is 11.9. The standard InChI is InChI=1S/C12H12O3/c1-15-11(14)12-5-4-9(13)10(12)7-2-3-8(12)6-7/h2-5,7-8,10H,6H2,1H3/t7-,8-,10+,12-/m0/s1. The first kappa shape index (κ1) is 8.89. The molecule has 0 spiro atoms. The number of ether oxygens (including phenoxy) is 1. The zero-order chi connectivity index (χ0) is 10.6. The van der Waals surface area contributed by atoms with E-state index in [1.54, 1.807) is 12.2 Å². The van der Waals surface area contributed by atoms with Crippen LogP contribution in [0, 0.1) is 23.2 Å². The molecule has 3 heteroatoms. The molecule has 0 N–H and O–H groups in total. The fourth-order valence-electron chi connectivity index (χ4n) is 3.43. The smallest absolute Gasteiger partial charge is 0.317 e. The molecule has 1 saturated carbocycles. The van der Waals surface area contributed by atoms with E-state index in [0.29, 0.717) is 0 Å². The van der Waals surface area contributed by atoms with Crippen LogP contribution in [0.1, 0.15) is 6.42 Å². The number of carbonyl (C=O) groups excluding carboxylic acids is 2. The number of methoxy groups -OCH3 is 1. The summed E-state index contributed by atoms with van der Waals surface area (Å²) in [5.74, 6) is 0.0166. The van der Waals surface area contributed by atoms with Crippen LogP contribution in [0.2, 0.25) is 0 Å². The minimum Gasteiger partial charge on any atom is -0.468 e. The number of hydrogen-bond acceptors (Lipinski definition) is 3. The van der Waals surface area contributed by atoms with Gasteiger partial charge in [0.05, 0.1) is 7.11 Å². The summed E-state index contributed by atoms with van der Waals surface area (Å²) < 4.78 is 4.86. The Morgan fingerprint density at radius 2 is 2.33 bits per heavy atom. The molecule has 1 fully saturated rings. The first-order valence-corrected chi connectivity index (χ1v) is 5.20. The van der Waals surface area contributed by atoms with Crippen LogP contribution in [0.5, 0.6) is 0 Å².